The molecule has 0 bridgehead atoms. The van der Waals surface area contributed by atoms with E-state index in [0.29, 0.717) is 0 Å². The fourth-order valence-corrected chi connectivity index (χ4v) is 0.851. The Hall–Kier alpha value is -0.790. The fourth-order valence-electron chi connectivity index (χ4n) is 0.851. The molecule has 64 valence electrons. The van der Waals surface area contributed by atoms with E-state index in [2.05, 4.69) is 6.08 Å². The van der Waals surface area contributed by atoms with Gasteiger partial charge in [0.1, 0.15) is 0 Å². The normalized spacial score (nSPS) is 13.6. The maximum absolute atomic E-state index is 10.6. The molecule has 0 aliphatic heterocycles. The van der Waals surface area contributed by atoms with Crippen LogP contribution < -0.4 is 5.73 Å². The largest absolute Gasteiger partial charge is 0.369 e. The third kappa shape index (κ3) is 5.64. The lowest BCUT2D eigenvalue weighted by molar-refractivity contribution is -0.121. The van der Waals surface area contributed by atoms with Gasteiger partial charge in [0.2, 0.25) is 5.91 Å². The highest BCUT2D eigenvalue weighted by Gasteiger charge is 2.06. The summed E-state index contributed by atoms with van der Waals surface area (Å²) in [5.74, 6) is -0.161. The number of amides is 1. The number of primary amides is 1. The van der Waals surface area contributed by atoms with Crippen LogP contribution in [0.2, 0.25) is 0 Å². The molecule has 2 N–H and O–H groups in total. The summed E-state index contributed by atoms with van der Waals surface area (Å²) in [5, 5.41) is 0. The first-order valence-electron chi connectivity index (χ1n) is 4.09. The summed E-state index contributed by atoms with van der Waals surface area (Å²) >= 11 is 0. The van der Waals surface area contributed by atoms with Crippen LogP contribution in [0.1, 0.15) is 33.1 Å². The van der Waals surface area contributed by atoms with Gasteiger partial charge in [0.05, 0.1) is 0 Å². The van der Waals surface area contributed by atoms with Gasteiger partial charge in [0, 0.05) is 5.92 Å². The molecule has 0 aliphatic carbocycles. The lowest BCUT2D eigenvalue weighted by atomic mass is 10.0. The van der Waals surface area contributed by atoms with E-state index in [4.69, 9.17) is 5.73 Å². The summed E-state index contributed by atoms with van der Waals surface area (Å²) in [6.45, 7) is 3.87. The average Bonchev–Trinajstić information content (AvgIpc) is 1.97. The first-order chi connectivity index (χ1) is 5.18. The Morgan fingerprint density at radius 1 is 1.64 bits per heavy atom. The highest BCUT2D eigenvalue weighted by molar-refractivity contribution is 5.76. The maximum Gasteiger partial charge on any atom is 0.220 e. The minimum atomic E-state index is -0.189. The number of unbranched alkanes of at least 4 members (excludes halogenated alkanes) is 1. The third-order valence-corrected chi connectivity index (χ3v) is 1.73. The molecule has 0 radical (unpaired) electrons. The summed E-state index contributed by atoms with van der Waals surface area (Å²) in [5.41, 5.74) is 5.09. The monoisotopic (exact) mass is 155 g/mol. The van der Waals surface area contributed by atoms with Gasteiger partial charge in [0.25, 0.3) is 0 Å². The van der Waals surface area contributed by atoms with Gasteiger partial charge >= 0.3 is 0 Å². The maximum atomic E-state index is 10.6. The van der Waals surface area contributed by atoms with Crippen molar-refractivity contribution in [2.45, 2.75) is 33.1 Å². The zero-order valence-electron chi connectivity index (χ0n) is 7.34. The molecular weight excluding hydrogens is 138 g/mol. The predicted molar refractivity (Wildman–Crippen MR) is 47.0 cm³/mol. The zero-order chi connectivity index (χ0) is 8.69. The van der Waals surface area contributed by atoms with E-state index >= 15 is 0 Å². The molecule has 0 fully saturated rings. The molecule has 1 atom stereocenters. The molecule has 0 rings (SSSR count). The van der Waals surface area contributed by atoms with Crippen LogP contribution in [0, 0.1) is 5.92 Å². The van der Waals surface area contributed by atoms with Gasteiger partial charge in [-0.15, -0.1) is 0 Å². The van der Waals surface area contributed by atoms with E-state index in [-0.39, 0.29) is 11.8 Å². The molecule has 1 amide bonds. The molecule has 0 saturated heterocycles. The second kappa shape index (κ2) is 5.96. The van der Waals surface area contributed by atoms with Crippen molar-refractivity contribution >= 4 is 5.91 Å². The van der Waals surface area contributed by atoms with Crippen molar-refractivity contribution in [3.63, 3.8) is 0 Å². The molecule has 11 heavy (non-hydrogen) atoms. The minimum absolute atomic E-state index is 0.0280. The summed E-state index contributed by atoms with van der Waals surface area (Å²) in [7, 11) is 0. The molecular formula is C9H17NO. The summed E-state index contributed by atoms with van der Waals surface area (Å²) in [6.07, 6.45) is 7.13. The van der Waals surface area contributed by atoms with Crippen LogP contribution in [0.4, 0.5) is 0 Å². The number of hydrogen-bond acceptors (Lipinski definition) is 1. The Balaban J connectivity index is 3.31. The quantitative estimate of drug-likeness (QED) is 0.478. The van der Waals surface area contributed by atoms with Crippen LogP contribution in [0.3, 0.4) is 0 Å². The molecule has 1 unspecified atom stereocenters. The Bertz CT molecular complexity index is 140. The van der Waals surface area contributed by atoms with Gasteiger partial charge < -0.3 is 5.73 Å². The van der Waals surface area contributed by atoms with Crippen molar-refractivity contribution in [1.82, 2.24) is 0 Å². The van der Waals surface area contributed by atoms with Crippen molar-refractivity contribution in [2.24, 2.45) is 11.7 Å². The molecule has 0 aromatic heterocycles. The number of rotatable bonds is 5. The smallest absolute Gasteiger partial charge is 0.220 e. The highest BCUT2D eigenvalue weighted by atomic mass is 16.1. The number of nitrogens with two attached hydrogens (primary N) is 1. The summed E-state index contributed by atoms with van der Waals surface area (Å²) in [6, 6.07) is 0. The Morgan fingerprint density at radius 2 is 2.27 bits per heavy atom. The predicted octanol–water partition coefficient (Wildman–Crippen LogP) is 1.85. The van der Waals surface area contributed by atoms with Gasteiger partial charge in [-0.3, -0.25) is 4.79 Å². The van der Waals surface area contributed by atoms with E-state index in [1.165, 1.54) is 0 Å². The van der Waals surface area contributed by atoms with E-state index in [9.17, 15) is 4.79 Å². The van der Waals surface area contributed by atoms with E-state index < -0.39 is 0 Å². The van der Waals surface area contributed by atoms with Crippen LogP contribution >= 0.6 is 0 Å². The molecule has 0 aromatic carbocycles. The molecule has 0 aliphatic rings. The van der Waals surface area contributed by atoms with Gasteiger partial charge in [-0.05, 0) is 26.2 Å². The van der Waals surface area contributed by atoms with Gasteiger partial charge in [-0.25, -0.2) is 0 Å². The Morgan fingerprint density at radius 3 is 2.73 bits per heavy atom. The molecule has 0 aromatic rings. The van der Waals surface area contributed by atoms with Crippen LogP contribution in [0.15, 0.2) is 12.2 Å². The van der Waals surface area contributed by atoms with Gasteiger partial charge in [-0.2, -0.15) is 0 Å². The number of hydrogen-bond donors (Lipinski definition) is 1. The van der Waals surface area contributed by atoms with Gasteiger partial charge in [-0.1, -0.05) is 19.1 Å². The topological polar surface area (TPSA) is 43.1 Å². The van der Waals surface area contributed by atoms with Crippen molar-refractivity contribution in [1.29, 1.82) is 0 Å². The van der Waals surface area contributed by atoms with Crippen LogP contribution in [0.5, 0.6) is 0 Å². The van der Waals surface area contributed by atoms with Crippen molar-refractivity contribution in [3.05, 3.63) is 12.2 Å². The first kappa shape index (κ1) is 10.2. The second-order valence-corrected chi connectivity index (χ2v) is 2.80. The molecule has 0 heterocycles. The standard InChI is InChI=1S/C9H17NO/c1-3-4-5-6-7-8(2)9(10)11/h3-4,8H,5-7H2,1-2H3,(H2,10,11). The first-order valence-corrected chi connectivity index (χ1v) is 4.09. The van der Waals surface area contributed by atoms with Crippen molar-refractivity contribution in [2.75, 3.05) is 0 Å². The summed E-state index contributed by atoms with van der Waals surface area (Å²) < 4.78 is 0. The van der Waals surface area contributed by atoms with Gasteiger partial charge in [0.15, 0.2) is 0 Å². The third-order valence-electron chi connectivity index (χ3n) is 1.73. The Kier molecular flexibility index (Phi) is 5.53. The second-order valence-electron chi connectivity index (χ2n) is 2.80. The van der Waals surface area contributed by atoms with Crippen molar-refractivity contribution in [3.8, 4) is 0 Å². The average molecular weight is 155 g/mol. The lowest BCUT2D eigenvalue weighted by Gasteiger charge is -2.03. The van der Waals surface area contributed by atoms with E-state index in [1.807, 2.05) is 19.9 Å². The van der Waals surface area contributed by atoms with Crippen LogP contribution in [0.25, 0.3) is 0 Å². The number of allylic oxidation sites excluding steroid dienone is 2. The van der Waals surface area contributed by atoms with Crippen molar-refractivity contribution < 1.29 is 4.79 Å². The van der Waals surface area contributed by atoms with Crippen LogP contribution in [-0.2, 0) is 4.79 Å². The molecule has 2 nitrogen and oxygen atoms in total. The van der Waals surface area contributed by atoms with E-state index in [0.717, 1.165) is 19.3 Å². The minimum Gasteiger partial charge on any atom is -0.369 e. The zero-order valence-corrected chi connectivity index (χ0v) is 7.34. The molecule has 0 saturated carbocycles. The lowest BCUT2D eigenvalue weighted by Crippen LogP contribution is -2.20. The molecule has 0 spiro atoms. The number of carbonyl (C=O) groups is 1. The van der Waals surface area contributed by atoms with E-state index in [1.54, 1.807) is 0 Å². The molecule has 2 heteroatoms. The highest BCUT2D eigenvalue weighted by Crippen LogP contribution is 2.06. The SMILES string of the molecule is CC=CCCCC(C)C(N)=O. The van der Waals surface area contributed by atoms with Crippen LogP contribution in [-0.4, -0.2) is 5.91 Å². The Labute approximate surface area is 68.5 Å². The number of carbonyl (C=O) groups excluding carboxylic acids is 1. The summed E-state index contributed by atoms with van der Waals surface area (Å²) in [4.78, 5) is 10.6. The fraction of sp³-hybridized carbons (Fsp3) is 0.667.